The Kier molecular flexibility index (Phi) is 5.94. The number of rotatable bonds is 5. The predicted molar refractivity (Wildman–Crippen MR) is 82.1 cm³/mol. The lowest BCUT2D eigenvalue weighted by atomic mass is 9.96. The summed E-state index contributed by atoms with van der Waals surface area (Å²) in [7, 11) is 0. The molecule has 0 spiro atoms. The number of amides is 2. The second-order valence-corrected chi connectivity index (χ2v) is 6.04. The second kappa shape index (κ2) is 7.79. The molecule has 1 saturated heterocycles. The fraction of sp³-hybridized carbons (Fsp3) is 0.500. The quantitative estimate of drug-likeness (QED) is 0.772. The van der Waals surface area contributed by atoms with Crippen LogP contribution >= 0.6 is 0 Å². The van der Waals surface area contributed by atoms with Crippen molar-refractivity contribution in [2.24, 2.45) is 11.8 Å². The highest BCUT2D eigenvalue weighted by molar-refractivity contribution is 5.77. The summed E-state index contributed by atoms with van der Waals surface area (Å²) in [5.74, 6) is -6.01. The number of halogens is 4. The zero-order valence-corrected chi connectivity index (χ0v) is 13.8. The highest BCUT2D eigenvalue weighted by Crippen LogP contribution is 2.37. The summed E-state index contributed by atoms with van der Waals surface area (Å²) in [6, 6.07) is 4.83. The number of urea groups is 1. The van der Waals surface area contributed by atoms with Crippen molar-refractivity contribution in [2.75, 3.05) is 19.6 Å². The molecule has 1 aromatic rings. The number of likely N-dealkylation sites (tertiary alicyclic amines) is 1. The van der Waals surface area contributed by atoms with Crippen LogP contribution in [0.4, 0.5) is 22.4 Å². The number of alkyl halides is 3. The smallest absolute Gasteiger partial charge is 0.394 e. The fourth-order valence-electron chi connectivity index (χ4n) is 2.69. The summed E-state index contributed by atoms with van der Waals surface area (Å²) in [5.41, 5.74) is 0. The minimum Gasteiger partial charge on any atom is -0.486 e. The van der Waals surface area contributed by atoms with Gasteiger partial charge in [0.2, 0.25) is 0 Å². The first-order chi connectivity index (χ1) is 12.1. The Hall–Kier alpha value is -2.52. The van der Waals surface area contributed by atoms with Crippen molar-refractivity contribution in [3.8, 4) is 5.75 Å². The first-order valence-electron chi connectivity index (χ1n) is 7.83. The number of ether oxygens (including phenoxy) is 1. The highest BCUT2D eigenvalue weighted by atomic mass is 19.4. The Morgan fingerprint density at radius 3 is 2.54 bits per heavy atom. The molecular weight excluding hydrogens is 360 g/mol. The largest absolute Gasteiger partial charge is 0.486 e. The first-order valence-corrected chi connectivity index (χ1v) is 7.83. The molecule has 26 heavy (non-hydrogen) atoms. The molecule has 0 radical (unpaired) electrons. The van der Waals surface area contributed by atoms with E-state index in [2.05, 4.69) is 5.32 Å². The first kappa shape index (κ1) is 19.8. The van der Waals surface area contributed by atoms with E-state index < -0.39 is 55.0 Å². The van der Waals surface area contributed by atoms with Crippen LogP contribution in [-0.2, 0) is 4.79 Å². The van der Waals surface area contributed by atoms with Crippen molar-refractivity contribution in [3.05, 3.63) is 30.1 Å². The van der Waals surface area contributed by atoms with Gasteiger partial charge < -0.3 is 20.1 Å². The SMILES string of the molecule is CC(CNC(=O)N1C[C@@H](C(F)(F)F)[C@H](C(=O)O)C1)Oc1ccccc1F. The molecule has 10 heteroatoms. The molecule has 1 aromatic carbocycles. The van der Waals surface area contributed by atoms with Crippen molar-refractivity contribution in [2.45, 2.75) is 19.2 Å². The predicted octanol–water partition coefficient (Wildman–Crippen LogP) is 2.50. The average molecular weight is 378 g/mol. The van der Waals surface area contributed by atoms with Gasteiger partial charge in [-0.25, -0.2) is 9.18 Å². The Morgan fingerprint density at radius 2 is 2.00 bits per heavy atom. The number of nitrogens with one attached hydrogen (secondary N) is 1. The monoisotopic (exact) mass is 378 g/mol. The van der Waals surface area contributed by atoms with E-state index in [0.29, 0.717) is 0 Å². The minimum absolute atomic E-state index is 0.0153. The van der Waals surface area contributed by atoms with Crippen molar-refractivity contribution >= 4 is 12.0 Å². The van der Waals surface area contributed by atoms with Crippen LogP contribution in [-0.4, -0.2) is 53.9 Å². The van der Waals surface area contributed by atoms with Gasteiger partial charge in [-0.1, -0.05) is 12.1 Å². The van der Waals surface area contributed by atoms with Crippen LogP contribution in [0.2, 0.25) is 0 Å². The maximum absolute atomic E-state index is 13.5. The number of nitrogens with zero attached hydrogens (tertiary/aromatic N) is 1. The Labute approximate surface area is 146 Å². The van der Waals surface area contributed by atoms with Gasteiger partial charge in [0.05, 0.1) is 18.4 Å². The topological polar surface area (TPSA) is 78.9 Å². The summed E-state index contributed by atoms with van der Waals surface area (Å²) in [6.45, 7) is 0.204. The van der Waals surface area contributed by atoms with E-state index in [1.54, 1.807) is 13.0 Å². The zero-order valence-electron chi connectivity index (χ0n) is 13.8. The van der Waals surface area contributed by atoms with Gasteiger partial charge >= 0.3 is 18.2 Å². The van der Waals surface area contributed by atoms with Crippen LogP contribution in [0.1, 0.15) is 6.92 Å². The standard InChI is InChI=1S/C16H18F4N2O4/c1-9(26-13-5-3-2-4-12(13)17)6-21-15(25)22-7-10(14(23)24)11(8-22)16(18,19)20/h2-5,9-11H,6-8H2,1H3,(H,21,25)(H,23,24)/t9?,10-,11-/m1/s1. The molecule has 1 aliphatic heterocycles. The number of hydrogen-bond donors (Lipinski definition) is 2. The lowest BCUT2D eigenvalue weighted by Crippen LogP contribution is -2.43. The van der Waals surface area contributed by atoms with Gasteiger partial charge in [0.15, 0.2) is 11.6 Å². The van der Waals surface area contributed by atoms with Crippen LogP contribution in [0.5, 0.6) is 5.75 Å². The van der Waals surface area contributed by atoms with E-state index >= 15 is 0 Å². The van der Waals surface area contributed by atoms with E-state index in [0.717, 1.165) is 4.90 Å². The van der Waals surface area contributed by atoms with E-state index in [1.807, 2.05) is 0 Å². The van der Waals surface area contributed by atoms with Gasteiger partial charge in [-0.15, -0.1) is 0 Å². The van der Waals surface area contributed by atoms with Gasteiger partial charge in [-0.2, -0.15) is 13.2 Å². The maximum Gasteiger partial charge on any atom is 0.394 e. The summed E-state index contributed by atoms with van der Waals surface area (Å²) < 4.78 is 57.6. The third-order valence-corrected chi connectivity index (χ3v) is 4.05. The van der Waals surface area contributed by atoms with Crippen molar-refractivity contribution in [1.82, 2.24) is 10.2 Å². The highest BCUT2D eigenvalue weighted by Gasteiger charge is 2.53. The van der Waals surface area contributed by atoms with Gasteiger partial charge in [-0.3, -0.25) is 4.79 Å². The van der Waals surface area contributed by atoms with Crippen molar-refractivity contribution in [3.63, 3.8) is 0 Å². The van der Waals surface area contributed by atoms with Crippen LogP contribution in [0.3, 0.4) is 0 Å². The fourth-order valence-corrected chi connectivity index (χ4v) is 2.69. The molecule has 1 fully saturated rings. The number of para-hydroxylation sites is 1. The summed E-state index contributed by atoms with van der Waals surface area (Å²) in [4.78, 5) is 23.9. The van der Waals surface area contributed by atoms with Crippen LogP contribution in [0.15, 0.2) is 24.3 Å². The minimum atomic E-state index is -4.71. The van der Waals surface area contributed by atoms with E-state index in [-0.39, 0.29) is 12.3 Å². The van der Waals surface area contributed by atoms with Crippen molar-refractivity contribution in [1.29, 1.82) is 0 Å². The van der Waals surface area contributed by atoms with E-state index in [9.17, 15) is 27.2 Å². The molecule has 1 unspecified atom stereocenters. The molecule has 2 rings (SSSR count). The van der Waals surface area contributed by atoms with Gasteiger partial charge in [0, 0.05) is 13.1 Å². The zero-order chi connectivity index (χ0) is 19.5. The Balaban J connectivity index is 1.90. The summed E-state index contributed by atoms with van der Waals surface area (Å²) in [5, 5.41) is 11.3. The van der Waals surface area contributed by atoms with E-state index in [1.165, 1.54) is 18.2 Å². The maximum atomic E-state index is 13.5. The number of carboxylic acids is 1. The normalized spacial score (nSPS) is 21.3. The molecule has 1 heterocycles. The molecule has 0 saturated carbocycles. The Morgan fingerprint density at radius 1 is 1.35 bits per heavy atom. The average Bonchev–Trinajstić information content (AvgIpc) is 3.01. The third kappa shape index (κ3) is 4.77. The van der Waals surface area contributed by atoms with E-state index in [4.69, 9.17) is 9.84 Å². The Bertz CT molecular complexity index is 668. The van der Waals surface area contributed by atoms with Gasteiger partial charge in [-0.05, 0) is 19.1 Å². The molecule has 0 aromatic heterocycles. The van der Waals surface area contributed by atoms with Crippen LogP contribution in [0.25, 0.3) is 0 Å². The van der Waals surface area contributed by atoms with Crippen molar-refractivity contribution < 1.29 is 37.0 Å². The molecule has 2 N–H and O–H groups in total. The number of carbonyl (C=O) groups excluding carboxylic acids is 1. The number of benzene rings is 1. The second-order valence-electron chi connectivity index (χ2n) is 6.04. The molecular formula is C16H18F4N2O4. The molecule has 6 nitrogen and oxygen atoms in total. The third-order valence-electron chi connectivity index (χ3n) is 4.05. The van der Waals surface area contributed by atoms with Gasteiger partial charge in [0.1, 0.15) is 6.10 Å². The van der Waals surface area contributed by atoms with Gasteiger partial charge in [0.25, 0.3) is 0 Å². The molecule has 0 bridgehead atoms. The van der Waals surface area contributed by atoms with Crippen LogP contribution in [0, 0.1) is 17.7 Å². The number of hydrogen-bond acceptors (Lipinski definition) is 3. The summed E-state index contributed by atoms with van der Waals surface area (Å²) >= 11 is 0. The molecule has 1 aliphatic rings. The van der Waals surface area contributed by atoms with Crippen LogP contribution < -0.4 is 10.1 Å². The number of carbonyl (C=O) groups is 2. The molecule has 3 atom stereocenters. The lowest BCUT2D eigenvalue weighted by Gasteiger charge is -2.20. The molecule has 0 aliphatic carbocycles. The molecule has 144 valence electrons. The number of carboxylic acid groups (broad SMARTS) is 1. The molecule has 2 amide bonds. The summed E-state index contributed by atoms with van der Waals surface area (Å²) in [6.07, 6.45) is -5.36. The number of aliphatic carboxylic acids is 1. The lowest BCUT2D eigenvalue weighted by molar-refractivity contribution is -0.187.